The Morgan fingerprint density at radius 2 is 0.554 bits per heavy atom. The number of ether oxygens (including phenoxy) is 4. The number of phosphoric ester groups is 2. The smallest absolute Gasteiger partial charge is 0.462 e. The molecule has 0 fully saturated rings. The average Bonchev–Trinajstić information content (AvgIpc) is 2.46. The molecule has 0 aromatic heterocycles. The Hall–Kier alpha value is -1.94. The second-order valence-corrected chi connectivity index (χ2v) is 30.4. The van der Waals surface area contributed by atoms with Gasteiger partial charge in [0, 0.05) is 25.7 Å². The summed E-state index contributed by atoms with van der Waals surface area (Å²) in [5, 5.41) is 10.6. The molecule has 92 heavy (non-hydrogen) atoms. The summed E-state index contributed by atoms with van der Waals surface area (Å²) in [5.74, 6) is 0.207. The zero-order valence-corrected chi connectivity index (χ0v) is 61.8. The van der Waals surface area contributed by atoms with E-state index in [1.54, 1.807) is 0 Å². The molecule has 0 bridgehead atoms. The quantitative estimate of drug-likeness (QED) is 0.0222. The Morgan fingerprint density at radius 3 is 0.826 bits per heavy atom. The highest BCUT2D eigenvalue weighted by molar-refractivity contribution is 7.47. The van der Waals surface area contributed by atoms with Crippen molar-refractivity contribution in [1.29, 1.82) is 0 Å². The summed E-state index contributed by atoms with van der Waals surface area (Å²) in [7, 11) is -9.90. The van der Waals surface area contributed by atoms with Gasteiger partial charge in [0.1, 0.15) is 19.3 Å². The molecular weight excluding hydrogens is 1210 g/mol. The number of hydrogen-bond donors (Lipinski definition) is 3. The van der Waals surface area contributed by atoms with Gasteiger partial charge in [-0.3, -0.25) is 37.3 Å². The predicted octanol–water partition coefficient (Wildman–Crippen LogP) is 21.0. The van der Waals surface area contributed by atoms with Gasteiger partial charge < -0.3 is 33.8 Å². The van der Waals surface area contributed by atoms with E-state index >= 15 is 0 Å². The number of aliphatic hydroxyl groups excluding tert-OH is 1. The van der Waals surface area contributed by atoms with Gasteiger partial charge in [-0.25, -0.2) is 9.13 Å². The number of phosphoric acid groups is 2. The highest BCUT2D eigenvalue weighted by Gasteiger charge is 2.30. The Kier molecular flexibility index (Phi) is 62.4. The zero-order chi connectivity index (χ0) is 68.0. The number of carbonyl (C=O) groups excluding carboxylic acids is 4. The normalized spacial score (nSPS) is 14.4. The van der Waals surface area contributed by atoms with Crippen molar-refractivity contribution >= 4 is 39.5 Å². The van der Waals surface area contributed by atoms with Crippen LogP contribution in [0.1, 0.15) is 370 Å². The first kappa shape index (κ1) is 90.1. The van der Waals surface area contributed by atoms with Gasteiger partial charge in [0.15, 0.2) is 12.2 Å². The van der Waals surface area contributed by atoms with Gasteiger partial charge in [0.05, 0.1) is 26.4 Å². The van der Waals surface area contributed by atoms with Gasteiger partial charge in [-0.1, -0.05) is 318 Å². The van der Waals surface area contributed by atoms with Gasteiger partial charge in [-0.05, 0) is 43.4 Å². The first-order valence-corrected chi connectivity index (χ1v) is 40.9. The van der Waals surface area contributed by atoms with Crippen LogP contribution in [-0.2, 0) is 65.4 Å². The van der Waals surface area contributed by atoms with E-state index in [1.165, 1.54) is 173 Å². The van der Waals surface area contributed by atoms with E-state index in [9.17, 15) is 43.2 Å². The summed E-state index contributed by atoms with van der Waals surface area (Å²) < 4.78 is 68.3. The topological polar surface area (TPSA) is 237 Å². The molecule has 0 aromatic carbocycles. The summed E-state index contributed by atoms with van der Waals surface area (Å²) in [5.41, 5.74) is 0. The molecule has 0 aliphatic carbocycles. The first-order chi connectivity index (χ1) is 44.3. The van der Waals surface area contributed by atoms with Crippen molar-refractivity contribution in [1.82, 2.24) is 0 Å². The molecule has 0 aromatic rings. The van der Waals surface area contributed by atoms with Gasteiger partial charge in [-0.2, -0.15) is 0 Å². The van der Waals surface area contributed by atoms with Crippen LogP contribution in [0.5, 0.6) is 0 Å². The third-order valence-corrected chi connectivity index (χ3v) is 19.1. The summed E-state index contributed by atoms with van der Waals surface area (Å²) in [6, 6.07) is 0. The van der Waals surface area contributed by atoms with E-state index in [4.69, 9.17) is 37.0 Å². The zero-order valence-electron chi connectivity index (χ0n) is 60.0. The number of aliphatic hydroxyl groups is 1. The fourth-order valence-corrected chi connectivity index (χ4v) is 12.6. The van der Waals surface area contributed by atoms with Gasteiger partial charge in [0.25, 0.3) is 0 Å². The predicted molar refractivity (Wildman–Crippen MR) is 372 cm³/mol. The van der Waals surface area contributed by atoms with Crippen molar-refractivity contribution in [2.45, 2.75) is 388 Å². The van der Waals surface area contributed by atoms with E-state index in [0.717, 1.165) is 108 Å². The molecule has 546 valence electrons. The number of carbonyl (C=O) groups is 4. The van der Waals surface area contributed by atoms with Crippen LogP contribution >= 0.6 is 15.6 Å². The monoisotopic (exact) mass is 1350 g/mol. The van der Waals surface area contributed by atoms with Gasteiger partial charge in [-0.15, -0.1) is 0 Å². The Morgan fingerprint density at radius 1 is 0.315 bits per heavy atom. The maximum Gasteiger partial charge on any atom is 0.472 e. The van der Waals surface area contributed by atoms with Crippen LogP contribution in [0.15, 0.2) is 0 Å². The van der Waals surface area contributed by atoms with Crippen LogP contribution in [0, 0.1) is 17.8 Å². The Balaban J connectivity index is 5.21. The lowest BCUT2D eigenvalue weighted by Crippen LogP contribution is -2.30. The van der Waals surface area contributed by atoms with E-state index in [0.29, 0.717) is 31.6 Å². The molecule has 0 saturated carbocycles. The lowest BCUT2D eigenvalue weighted by molar-refractivity contribution is -0.161. The van der Waals surface area contributed by atoms with Gasteiger partial charge >= 0.3 is 39.5 Å². The average molecular weight is 1350 g/mol. The van der Waals surface area contributed by atoms with Crippen molar-refractivity contribution in [2.24, 2.45) is 17.8 Å². The lowest BCUT2D eigenvalue weighted by Gasteiger charge is -2.21. The number of esters is 4. The molecule has 3 N–H and O–H groups in total. The maximum absolute atomic E-state index is 13.1. The maximum atomic E-state index is 13.1. The Bertz CT molecular complexity index is 1800. The molecule has 17 nitrogen and oxygen atoms in total. The van der Waals surface area contributed by atoms with Crippen LogP contribution in [-0.4, -0.2) is 96.7 Å². The van der Waals surface area contributed by atoms with Crippen molar-refractivity contribution in [2.75, 3.05) is 39.6 Å². The van der Waals surface area contributed by atoms with Gasteiger partial charge in [0.2, 0.25) is 0 Å². The molecule has 3 unspecified atom stereocenters. The number of hydrogen-bond acceptors (Lipinski definition) is 15. The molecule has 6 atom stereocenters. The van der Waals surface area contributed by atoms with Crippen molar-refractivity contribution < 1.29 is 80.2 Å². The highest BCUT2D eigenvalue weighted by Crippen LogP contribution is 2.45. The van der Waals surface area contributed by atoms with Crippen LogP contribution in [0.3, 0.4) is 0 Å². The van der Waals surface area contributed by atoms with Crippen LogP contribution in [0.2, 0.25) is 0 Å². The second kappa shape index (κ2) is 63.8. The molecule has 0 heterocycles. The second-order valence-electron chi connectivity index (χ2n) is 27.5. The van der Waals surface area contributed by atoms with Crippen LogP contribution in [0.4, 0.5) is 0 Å². The lowest BCUT2D eigenvalue weighted by atomic mass is 9.99. The molecule has 0 aliphatic rings. The first-order valence-electron chi connectivity index (χ1n) is 37.9. The molecule has 0 saturated heterocycles. The Labute approximate surface area is 562 Å². The minimum atomic E-state index is -4.95. The molecule has 0 aliphatic heterocycles. The summed E-state index contributed by atoms with van der Waals surface area (Å²) >= 11 is 0. The van der Waals surface area contributed by atoms with E-state index < -0.39 is 97.5 Å². The molecule has 0 radical (unpaired) electrons. The van der Waals surface area contributed by atoms with Crippen LogP contribution < -0.4 is 0 Å². The molecule has 0 amide bonds. The fraction of sp³-hybridized carbons (Fsp3) is 0.945. The molecule has 19 heteroatoms. The highest BCUT2D eigenvalue weighted by atomic mass is 31.2. The summed E-state index contributed by atoms with van der Waals surface area (Å²) in [6.45, 7) is 11.9. The molecular formula is C73H142O17P2. The largest absolute Gasteiger partial charge is 0.472 e. The minimum Gasteiger partial charge on any atom is -0.462 e. The number of unbranched alkanes of at least 4 members (excludes halogenated alkanes) is 38. The third kappa shape index (κ3) is 65.4. The number of rotatable bonds is 71. The molecule has 0 rings (SSSR count). The van der Waals surface area contributed by atoms with Crippen molar-refractivity contribution in [3.8, 4) is 0 Å². The van der Waals surface area contributed by atoms with E-state index in [2.05, 4.69) is 48.5 Å². The summed E-state index contributed by atoms with van der Waals surface area (Å²) in [4.78, 5) is 72.6. The van der Waals surface area contributed by atoms with Crippen molar-refractivity contribution in [3.05, 3.63) is 0 Å². The van der Waals surface area contributed by atoms with E-state index in [-0.39, 0.29) is 25.7 Å². The SMILES string of the molecule is CCCCCCCCCCC(=O)OC[C@H](COP(=O)(O)OC[C@H](O)COP(=O)(O)OC[C@@H](COC(=O)CCCCCCCCCCCCCCCC(C)C)OC(=O)CCCCCCCCCCCCCCCCC(C)CC)OC(=O)CCCCCCCCCC(C)C. The summed E-state index contributed by atoms with van der Waals surface area (Å²) in [6.07, 6.45) is 48.7. The minimum absolute atomic E-state index is 0.103. The molecule has 0 spiro atoms. The fourth-order valence-electron chi connectivity index (χ4n) is 11.0. The van der Waals surface area contributed by atoms with E-state index in [1.807, 2.05) is 0 Å². The van der Waals surface area contributed by atoms with Crippen molar-refractivity contribution in [3.63, 3.8) is 0 Å². The van der Waals surface area contributed by atoms with Crippen LogP contribution in [0.25, 0.3) is 0 Å². The standard InChI is InChI=1S/C73H142O17P2/c1-8-10-11-12-13-33-40-47-54-70(75)83-60-69(90-73(78)57-50-43-36-29-31-38-45-52-65(5)6)63-88-92(81,82)86-59-67(74)58-85-91(79,80)87-62-68(61-84-71(76)55-48-41-34-27-23-20-16-17-21-25-30-37-44-51-64(3)4)89-72(77)56-49-42-35-28-24-19-15-14-18-22-26-32-39-46-53-66(7)9-2/h64-69,74H,8-63H2,1-7H3,(H,79,80)(H,81,82)/t66?,67-,68-,69-/m1/s1. The third-order valence-electron chi connectivity index (χ3n) is 17.2.